The SMILES string of the molecule is [2H]C(O[C@H]1C(O)O[C@H](COC(C)=O)[C@@H](O)[C@@H]1OC(C)=O)c1ccccc1. The van der Waals surface area contributed by atoms with Crippen LogP contribution in [0.4, 0.5) is 0 Å². The van der Waals surface area contributed by atoms with E-state index in [1.54, 1.807) is 30.3 Å². The van der Waals surface area contributed by atoms with Gasteiger partial charge in [-0.3, -0.25) is 9.59 Å². The predicted octanol–water partition coefficient (Wildman–Crippen LogP) is 0.145. The van der Waals surface area contributed by atoms with Gasteiger partial charge in [-0.15, -0.1) is 0 Å². The van der Waals surface area contributed by atoms with Crippen molar-refractivity contribution in [2.45, 2.75) is 51.1 Å². The lowest BCUT2D eigenvalue weighted by molar-refractivity contribution is -0.301. The summed E-state index contributed by atoms with van der Waals surface area (Å²) in [6.07, 6.45) is -6.73. The summed E-state index contributed by atoms with van der Waals surface area (Å²) >= 11 is 0. The summed E-state index contributed by atoms with van der Waals surface area (Å²) in [6, 6.07) is 8.55. The van der Waals surface area contributed by atoms with E-state index < -0.39 is 49.2 Å². The Morgan fingerprint density at radius 2 is 1.84 bits per heavy atom. The van der Waals surface area contributed by atoms with Crippen LogP contribution in [0.2, 0.25) is 0 Å². The van der Waals surface area contributed by atoms with Gasteiger partial charge in [0, 0.05) is 13.8 Å². The van der Waals surface area contributed by atoms with Crippen molar-refractivity contribution in [3.05, 3.63) is 35.9 Å². The van der Waals surface area contributed by atoms with Crippen molar-refractivity contribution in [3.8, 4) is 0 Å². The Morgan fingerprint density at radius 3 is 2.44 bits per heavy atom. The molecule has 0 aromatic heterocycles. The fourth-order valence-corrected chi connectivity index (χ4v) is 2.40. The molecule has 1 fully saturated rings. The van der Waals surface area contributed by atoms with Crippen LogP contribution in [0.25, 0.3) is 0 Å². The van der Waals surface area contributed by atoms with Crippen LogP contribution < -0.4 is 0 Å². The molecule has 0 spiro atoms. The summed E-state index contributed by atoms with van der Waals surface area (Å²) < 4.78 is 28.7. The average Bonchev–Trinajstić information content (AvgIpc) is 2.59. The third-order valence-corrected chi connectivity index (χ3v) is 3.55. The molecule has 1 aromatic rings. The molecule has 1 aromatic carbocycles. The molecule has 138 valence electrons. The smallest absolute Gasteiger partial charge is 0.303 e. The van der Waals surface area contributed by atoms with Gasteiger partial charge in [0.2, 0.25) is 0 Å². The maximum absolute atomic E-state index is 11.4. The van der Waals surface area contributed by atoms with E-state index in [0.29, 0.717) is 5.56 Å². The highest BCUT2D eigenvalue weighted by Gasteiger charge is 2.47. The van der Waals surface area contributed by atoms with E-state index in [4.69, 9.17) is 20.3 Å². The number of ether oxygens (including phenoxy) is 4. The molecule has 1 aliphatic heterocycles. The number of esters is 2. The molecular weight excluding hydrogens is 332 g/mol. The molecule has 1 heterocycles. The minimum atomic E-state index is -1.60. The van der Waals surface area contributed by atoms with Crippen LogP contribution in [-0.4, -0.2) is 59.5 Å². The Labute approximate surface area is 146 Å². The maximum atomic E-state index is 11.4. The third kappa shape index (κ3) is 5.50. The first-order valence-electron chi connectivity index (χ1n) is 8.32. The van der Waals surface area contributed by atoms with Crippen LogP contribution in [0.3, 0.4) is 0 Å². The van der Waals surface area contributed by atoms with E-state index in [9.17, 15) is 19.8 Å². The van der Waals surface area contributed by atoms with Gasteiger partial charge in [-0.05, 0) is 5.56 Å². The lowest BCUT2D eigenvalue weighted by atomic mass is 9.98. The van der Waals surface area contributed by atoms with Crippen molar-refractivity contribution in [1.82, 2.24) is 0 Å². The zero-order chi connectivity index (χ0) is 19.3. The lowest BCUT2D eigenvalue weighted by Crippen LogP contribution is -2.60. The van der Waals surface area contributed by atoms with E-state index >= 15 is 0 Å². The molecule has 2 unspecified atom stereocenters. The normalized spacial score (nSPS) is 30.9. The van der Waals surface area contributed by atoms with Crippen LogP contribution in [0, 0.1) is 0 Å². The molecule has 2 N–H and O–H groups in total. The van der Waals surface area contributed by atoms with Gasteiger partial charge in [0.1, 0.15) is 24.9 Å². The topological polar surface area (TPSA) is 112 Å². The summed E-state index contributed by atoms with van der Waals surface area (Å²) in [6.45, 7) is 0.795. The Morgan fingerprint density at radius 1 is 1.16 bits per heavy atom. The highest BCUT2D eigenvalue weighted by molar-refractivity contribution is 5.66. The summed E-state index contributed by atoms with van der Waals surface area (Å²) in [7, 11) is 0. The van der Waals surface area contributed by atoms with Gasteiger partial charge in [0.15, 0.2) is 12.4 Å². The van der Waals surface area contributed by atoms with Gasteiger partial charge in [0.25, 0.3) is 0 Å². The zero-order valence-corrected chi connectivity index (χ0v) is 13.9. The second-order valence-corrected chi connectivity index (χ2v) is 5.56. The molecule has 0 amide bonds. The number of benzene rings is 1. The van der Waals surface area contributed by atoms with Crippen LogP contribution in [0.5, 0.6) is 0 Å². The van der Waals surface area contributed by atoms with E-state index in [2.05, 4.69) is 0 Å². The first-order chi connectivity index (χ1) is 12.3. The number of carbonyl (C=O) groups excluding carboxylic acids is 2. The highest BCUT2D eigenvalue weighted by atomic mass is 16.7. The molecule has 8 nitrogen and oxygen atoms in total. The van der Waals surface area contributed by atoms with Gasteiger partial charge in [-0.2, -0.15) is 0 Å². The molecule has 25 heavy (non-hydrogen) atoms. The largest absolute Gasteiger partial charge is 0.463 e. The molecule has 1 saturated heterocycles. The number of aliphatic hydroxyl groups excluding tert-OH is 2. The van der Waals surface area contributed by atoms with Gasteiger partial charge >= 0.3 is 11.9 Å². The van der Waals surface area contributed by atoms with Crippen LogP contribution in [0.15, 0.2) is 30.3 Å². The second-order valence-electron chi connectivity index (χ2n) is 5.56. The first kappa shape index (κ1) is 17.8. The Bertz CT molecular complexity index is 610. The number of aliphatic hydroxyl groups is 2. The minimum absolute atomic E-state index is 0.332. The molecule has 0 bridgehead atoms. The molecule has 0 aliphatic carbocycles. The second kappa shape index (κ2) is 8.91. The van der Waals surface area contributed by atoms with Crippen LogP contribution in [-0.2, 0) is 35.1 Å². The summed E-state index contributed by atoms with van der Waals surface area (Å²) in [5.41, 5.74) is 0.512. The number of rotatable bonds is 6. The quantitative estimate of drug-likeness (QED) is 0.694. The fourth-order valence-electron chi connectivity index (χ4n) is 2.40. The molecule has 2 rings (SSSR count). The Hall–Kier alpha value is -2.00. The van der Waals surface area contributed by atoms with E-state index in [-0.39, 0.29) is 6.61 Å². The van der Waals surface area contributed by atoms with Crippen molar-refractivity contribution in [2.75, 3.05) is 6.61 Å². The van der Waals surface area contributed by atoms with E-state index in [1.165, 1.54) is 6.92 Å². The van der Waals surface area contributed by atoms with Crippen molar-refractivity contribution < 1.29 is 40.1 Å². The van der Waals surface area contributed by atoms with Gasteiger partial charge < -0.3 is 29.2 Å². The molecule has 0 radical (unpaired) electrons. The van der Waals surface area contributed by atoms with E-state index in [0.717, 1.165) is 6.92 Å². The number of hydrogen-bond donors (Lipinski definition) is 2. The highest BCUT2D eigenvalue weighted by Crippen LogP contribution is 2.26. The minimum Gasteiger partial charge on any atom is -0.463 e. The predicted molar refractivity (Wildman–Crippen MR) is 84.1 cm³/mol. The summed E-state index contributed by atoms with van der Waals surface area (Å²) in [4.78, 5) is 22.3. The standard InChI is InChI=1S/C17H22O8/c1-10(18)22-9-13-14(20)15(24-11(2)19)16(17(21)25-13)23-8-12-6-4-3-5-7-12/h3-7,13-17,20-21H,8-9H2,1-2H3/t13-,14-,15+,16-,17?/m1/s1/i8D/t8?,13-,14-,15+,16-,17?. The average molecular weight is 355 g/mol. The van der Waals surface area contributed by atoms with Gasteiger partial charge in [-0.25, -0.2) is 0 Å². The molecule has 8 heteroatoms. The fraction of sp³-hybridized carbons (Fsp3) is 0.529. The van der Waals surface area contributed by atoms with Crippen LogP contribution in [0.1, 0.15) is 20.8 Å². The van der Waals surface area contributed by atoms with Gasteiger partial charge in [0.05, 0.1) is 7.95 Å². The maximum Gasteiger partial charge on any atom is 0.303 e. The molecule has 6 atom stereocenters. The number of hydrogen-bond acceptors (Lipinski definition) is 8. The van der Waals surface area contributed by atoms with Gasteiger partial charge in [-0.1, -0.05) is 30.3 Å². The lowest BCUT2D eigenvalue weighted by Gasteiger charge is -2.41. The van der Waals surface area contributed by atoms with E-state index in [1.807, 2.05) is 0 Å². The van der Waals surface area contributed by atoms with Crippen molar-refractivity contribution in [1.29, 1.82) is 0 Å². The zero-order valence-electron chi connectivity index (χ0n) is 14.9. The van der Waals surface area contributed by atoms with Crippen molar-refractivity contribution in [2.24, 2.45) is 0 Å². The van der Waals surface area contributed by atoms with Crippen LogP contribution >= 0.6 is 0 Å². The first-order valence-corrected chi connectivity index (χ1v) is 7.74. The molecule has 1 aliphatic rings. The summed E-state index contributed by atoms with van der Waals surface area (Å²) in [5.74, 6) is -1.29. The Balaban J connectivity index is 2.15. The third-order valence-electron chi connectivity index (χ3n) is 3.55. The Kier molecular flexibility index (Phi) is 6.35. The van der Waals surface area contributed by atoms with Crippen molar-refractivity contribution in [3.63, 3.8) is 0 Å². The molecule has 0 saturated carbocycles. The molecular formula is C17H22O8. The number of carbonyl (C=O) groups is 2. The monoisotopic (exact) mass is 355 g/mol. The summed E-state index contributed by atoms with van der Waals surface area (Å²) in [5, 5.41) is 20.6. The van der Waals surface area contributed by atoms with Crippen molar-refractivity contribution >= 4 is 11.9 Å².